The zero-order valence-electron chi connectivity index (χ0n) is 11.8. The molecule has 0 aromatic carbocycles. The first-order valence-electron chi connectivity index (χ1n) is 6.22. The molecule has 0 fully saturated rings. The number of aliphatic carboxylic acids is 3. The summed E-state index contributed by atoms with van der Waals surface area (Å²) in [5.41, 5.74) is 5.26. The van der Waals surface area contributed by atoms with Crippen molar-refractivity contribution in [3.63, 3.8) is 0 Å². The van der Waals surface area contributed by atoms with Crippen molar-refractivity contribution in [2.45, 2.75) is 31.0 Å². The van der Waals surface area contributed by atoms with Crippen LogP contribution >= 0.6 is 0 Å². The van der Waals surface area contributed by atoms with E-state index in [1.165, 1.54) is 0 Å². The van der Waals surface area contributed by atoms with Crippen molar-refractivity contribution in [1.29, 1.82) is 0 Å². The summed E-state index contributed by atoms with van der Waals surface area (Å²) >= 11 is 0. The summed E-state index contributed by atoms with van der Waals surface area (Å²) < 4.78 is 0. The number of nitrogens with one attached hydrogen (secondary N) is 2. The smallest absolute Gasteiger partial charge is 0.326 e. The van der Waals surface area contributed by atoms with Crippen molar-refractivity contribution in [3.05, 3.63) is 0 Å². The quantitative estimate of drug-likeness (QED) is 0.207. The first kappa shape index (κ1) is 20.3. The number of carbonyl (C=O) groups excluding carboxylic acids is 2. The fourth-order valence-corrected chi connectivity index (χ4v) is 1.40. The molecule has 0 saturated heterocycles. The number of hydrogen-bond donors (Lipinski definition) is 7. The largest absolute Gasteiger partial charge is 0.481 e. The summed E-state index contributed by atoms with van der Waals surface area (Å²) in [5, 5.41) is 38.6. The molecule has 0 aliphatic carbocycles. The predicted octanol–water partition coefficient (Wildman–Crippen LogP) is -3.69. The maximum Gasteiger partial charge on any atom is 0.326 e. The van der Waals surface area contributed by atoms with E-state index in [4.69, 9.17) is 26.2 Å². The average Bonchev–Trinajstić information content (AvgIpc) is 2.41. The lowest BCUT2D eigenvalue weighted by atomic mass is 10.1. The Labute approximate surface area is 129 Å². The molecule has 0 saturated carbocycles. The normalized spacial score (nSPS) is 14.2. The second kappa shape index (κ2) is 9.32. The molecule has 2 amide bonds. The number of rotatable bonds is 10. The molecule has 0 bridgehead atoms. The van der Waals surface area contributed by atoms with Gasteiger partial charge in [0.15, 0.2) is 0 Å². The van der Waals surface area contributed by atoms with E-state index in [2.05, 4.69) is 0 Å². The molecule has 0 aliphatic heterocycles. The molecule has 130 valence electrons. The van der Waals surface area contributed by atoms with Crippen LogP contribution in [-0.4, -0.2) is 74.9 Å². The Balaban J connectivity index is 4.78. The van der Waals surface area contributed by atoms with Crippen LogP contribution in [0.15, 0.2) is 0 Å². The number of carboxylic acids is 3. The standard InChI is InChI=1S/C11H17N3O9/c12-4(1-7(16)17)9(20)14-6(3-15)10(21)13-5(11(22)23)2-8(18)19/h4-6,15H,1-3,12H2,(H,13,21)(H,14,20)(H,16,17)(H,18,19)(H,22,23). The van der Waals surface area contributed by atoms with Gasteiger partial charge < -0.3 is 36.8 Å². The van der Waals surface area contributed by atoms with Gasteiger partial charge >= 0.3 is 17.9 Å². The number of aliphatic hydroxyl groups excluding tert-OH is 1. The highest BCUT2D eigenvalue weighted by molar-refractivity contribution is 5.93. The lowest BCUT2D eigenvalue weighted by molar-refractivity contribution is -0.147. The molecule has 0 spiro atoms. The molecule has 0 heterocycles. The Bertz CT molecular complexity index is 493. The van der Waals surface area contributed by atoms with E-state index in [1.807, 2.05) is 10.6 Å². The van der Waals surface area contributed by atoms with E-state index in [9.17, 15) is 24.0 Å². The predicted molar refractivity (Wildman–Crippen MR) is 71.1 cm³/mol. The minimum Gasteiger partial charge on any atom is -0.481 e. The highest BCUT2D eigenvalue weighted by atomic mass is 16.4. The van der Waals surface area contributed by atoms with E-state index in [-0.39, 0.29) is 0 Å². The fraction of sp³-hybridized carbons (Fsp3) is 0.545. The van der Waals surface area contributed by atoms with E-state index in [0.29, 0.717) is 0 Å². The molecule has 3 atom stereocenters. The molecule has 12 nitrogen and oxygen atoms in total. The minimum absolute atomic E-state index is 0.720. The van der Waals surface area contributed by atoms with Crippen LogP contribution in [-0.2, 0) is 24.0 Å². The third-order valence-electron chi connectivity index (χ3n) is 2.54. The van der Waals surface area contributed by atoms with Crippen molar-refractivity contribution in [2.75, 3.05) is 6.61 Å². The van der Waals surface area contributed by atoms with E-state index in [0.717, 1.165) is 0 Å². The molecule has 0 rings (SSSR count). The fourth-order valence-electron chi connectivity index (χ4n) is 1.40. The maximum atomic E-state index is 11.8. The highest BCUT2D eigenvalue weighted by Crippen LogP contribution is 1.96. The molecule has 3 unspecified atom stereocenters. The lowest BCUT2D eigenvalue weighted by Crippen LogP contribution is -2.56. The van der Waals surface area contributed by atoms with E-state index in [1.54, 1.807) is 0 Å². The SMILES string of the molecule is NC(CC(=O)O)C(=O)NC(CO)C(=O)NC(CC(=O)O)C(=O)O. The average molecular weight is 335 g/mol. The molecule has 0 aromatic heterocycles. The van der Waals surface area contributed by atoms with Gasteiger partial charge in [0, 0.05) is 0 Å². The number of aliphatic hydroxyl groups is 1. The second-order valence-corrected chi connectivity index (χ2v) is 4.45. The zero-order valence-corrected chi connectivity index (χ0v) is 11.8. The van der Waals surface area contributed by atoms with Crippen LogP contribution in [0.3, 0.4) is 0 Å². The topological polar surface area (TPSA) is 216 Å². The van der Waals surface area contributed by atoms with Gasteiger partial charge in [-0.15, -0.1) is 0 Å². The second-order valence-electron chi connectivity index (χ2n) is 4.45. The van der Waals surface area contributed by atoms with Crippen LogP contribution in [0.5, 0.6) is 0 Å². The summed E-state index contributed by atoms with van der Waals surface area (Å²) in [5.74, 6) is -6.66. The van der Waals surface area contributed by atoms with Gasteiger partial charge in [-0.05, 0) is 0 Å². The van der Waals surface area contributed by atoms with Crippen LogP contribution in [0.2, 0.25) is 0 Å². The Hall–Kier alpha value is -2.73. The Morgan fingerprint density at radius 3 is 1.70 bits per heavy atom. The third-order valence-corrected chi connectivity index (χ3v) is 2.54. The summed E-state index contributed by atoms with van der Waals surface area (Å²) in [6.45, 7) is -0.934. The van der Waals surface area contributed by atoms with Crippen molar-refractivity contribution in [3.8, 4) is 0 Å². The van der Waals surface area contributed by atoms with Gasteiger partial charge in [0.1, 0.15) is 12.1 Å². The number of carboxylic acid groups (broad SMARTS) is 3. The molecule has 12 heteroatoms. The highest BCUT2D eigenvalue weighted by Gasteiger charge is 2.29. The van der Waals surface area contributed by atoms with Gasteiger partial charge in [-0.3, -0.25) is 19.2 Å². The molecule has 0 aromatic rings. The summed E-state index contributed by atoms with van der Waals surface area (Å²) in [6, 6.07) is -4.86. The first-order valence-corrected chi connectivity index (χ1v) is 6.22. The van der Waals surface area contributed by atoms with Gasteiger partial charge in [0.05, 0.1) is 25.5 Å². The Morgan fingerprint density at radius 2 is 1.30 bits per heavy atom. The van der Waals surface area contributed by atoms with Crippen molar-refractivity contribution in [1.82, 2.24) is 10.6 Å². The lowest BCUT2D eigenvalue weighted by Gasteiger charge is -2.20. The number of carbonyl (C=O) groups is 5. The third kappa shape index (κ3) is 7.73. The molecular formula is C11H17N3O9. The molecular weight excluding hydrogens is 318 g/mol. The summed E-state index contributed by atoms with van der Waals surface area (Å²) in [4.78, 5) is 55.0. The number of amides is 2. The van der Waals surface area contributed by atoms with Crippen molar-refractivity contribution >= 4 is 29.7 Å². The molecule has 0 radical (unpaired) electrons. The van der Waals surface area contributed by atoms with Gasteiger partial charge in [0.25, 0.3) is 0 Å². The van der Waals surface area contributed by atoms with E-state index < -0.39 is 67.3 Å². The Kier molecular flexibility index (Phi) is 8.21. The van der Waals surface area contributed by atoms with Gasteiger partial charge in [0.2, 0.25) is 11.8 Å². The monoisotopic (exact) mass is 335 g/mol. The number of nitrogens with two attached hydrogens (primary N) is 1. The van der Waals surface area contributed by atoms with Crippen molar-refractivity contribution < 1.29 is 44.4 Å². The van der Waals surface area contributed by atoms with Gasteiger partial charge in [-0.25, -0.2) is 4.79 Å². The maximum absolute atomic E-state index is 11.8. The van der Waals surface area contributed by atoms with Crippen LogP contribution in [0.4, 0.5) is 0 Å². The Morgan fingerprint density at radius 1 is 0.826 bits per heavy atom. The molecule has 0 aliphatic rings. The first-order chi connectivity index (χ1) is 10.6. The van der Waals surface area contributed by atoms with Gasteiger partial charge in [-0.2, -0.15) is 0 Å². The minimum atomic E-state index is -1.77. The van der Waals surface area contributed by atoms with Crippen molar-refractivity contribution in [2.24, 2.45) is 5.73 Å². The zero-order chi connectivity index (χ0) is 18.2. The number of hydrogen-bond acceptors (Lipinski definition) is 7. The van der Waals surface area contributed by atoms with E-state index >= 15 is 0 Å². The summed E-state index contributed by atoms with van der Waals surface area (Å²) in [7, 11) is 0. The van der Waals surface area contributed by atoms with Crippen LogP contribution in [0.25, 0.3) is 0 Å². The molecule has 8 N–H and O–H groups in total. The van der Waals surface area contributed by atoms with Crippen LogP contribution in [0, 0.1) is 0 Å². The molecule has 23 heavy (non-hydrogen) atoms. The van der Waals surface area contributed by atoms with Gasteiger partial charge in [-0.1, -0.05) is 0 Å². The van der Waals surface area contributed by atoms with Crippen LogP contribution in [0.1, 0.15) is 12.8 Å². The van der Waals surface area contributed by atoms with Crippen LogP contribution < -0.4 is 16.4 Å². The summed E-state index contributed by atoms with van der Waals surface area (Å²) in [6.07, 6.45) is -1.63.